The Labute approximate surface area is 93.5 Å². The monoisotopic (exact) mass is 215 g/mol. The van der Waals surface area contributed by atoms with Gasteiger partial charge in [0.2, 0.25) is 6.29 Å². The van der Waals surface area contributed by atoms with E-state index in [4.69, 9.17) is 4.74 Å². The number of hydrogen-bond acceptors (Lipinski definition) is 3. The molecule has 0 saturated heterocycles. The molecule has 2 rings (SSSR count). The summed E-state index contributed by atoms with van der Waals surface area (Å²) in [5.41, 5.74) is 0.530. The van der Waals surface area contributed by atoms with E-state index in [2.05, 4.69) is 4.98 Å². The highest BCUT2D eigenvalue weighted by Gasteiger charge is 1.95. The molecule has 1 heterocycles. The lowest BCUT2D eigenvalue weighted by Crippen LogP contribution is -2.06. The first-order valence-electron chi connectivity index (χ1n) is 4.95. The van der Waals surface area contributed by atoms with E-state index in [1.807, 2.05) is 17.1 Å². The highest BCUT2D eigenvalue weighted by Crippen LogP contribution is 2.10. The fraction of sp³-hybridized carbons (Fsp3) is 0.167. The molecule has 2 aromatic rings. The van der Waals surface area contributed by atoms with Crippen molar-refractivity contribution in [2.45, 2.75) is 6.54 Å². The van der Waals surface area contributed by atoms with E-state index in [1.165, 1.54) is 0 Å². The number of ether oxygens (including phenoxy) is 1. The highest BCUT2D eigenvalue weighted by molar-refractivity contribution is 5.75. The molecule has 0 saturated carbocycles. The average Bonchev–Trinajstić information content (AvgIpc) is 2.83. The van der Waals surface area contributed by atoms with E-state index in [1.54, 1.807) is 36.8 Å². The lowest BCUT2D eigenvalue weighted by Gasteiger charge is -2.06. The summed E-state index contributed by atoms with van der Waals surface area (Å²) in [6.07, 6.45) is 7.17. The van der Waals surface area contributed by atoms with Crippen molar-refractivity contribution in [1.29, 1.82) is 0 Å². The van der Waals surface area contributed by atoms with Crippen LogP contribution in [0.1, 0.15) is 5.56 Å². The van der Waals surface area contributed by atoms with Gasteiger partial charge in [0.25, 0.3) is 0 Å². The van der Waals surface area contributed by atoms with Gasteiger partial charge in [0.15, 0.2) is 0 Å². The lowest BCUT2D eigenvalue weighted by atomic mass is 10.2. The van der Waals surface area contributed by atoms with Gasteiger partial charge in [-0.1, -0.05) is 0 Å². The van der Waals surface area contributed by atoms with Crippen LogP contribution in [0.2, 0.25) is 0 Å². The SMILES string of the molecule is O=[C]c1ccc(OCCn2ccnc2)cc1. The second kappa shape index (κ2) is 5.11. The minimum atomic E-state index is 0.530. The summed E-state index contributed by atoms with van der Waals surface area (Å²) in [7, 11) is 0. The van der Waals surface area contributed by atoms with Gasteiger partial charge in [0, 0.05) is 18.0 Å². The van der Waals surface area contributed by atoms with Crippen LogP contribution in [-0.4, -0.2) is 22.4 Å². The maximum atomic E-state index is 10.3. The fourth-order valence-corrected chi connectivity index (χ4v) is 1.31. The van der Waals surface area contributed by atoms with E-state index in [0.29, 0.717) is 12.2 Å². The molecule has 0 N–H and O–H groups in total. The Bertz CT molecular complexity index is 435. The molecule has 0 atom stereocenters. The molecule has 0 bridgehead atoms. The van der Waals surface area contributed by atoms with Crippen LogP contribution in [-0.2, 0) is 11.3 Å². The van der Waals surface area contributed by atoms with Crippen LogP contribution in [0.25, 0.3) is 0 Å². The van der Waals surface area contributed by atoms with Crippen LogP contribution in [0.4, 0.5) is 0 Å². The summed E-state index contributed by atoms with van der Waals surface area (Å²) >= 11 is 0. The third kappa shape index (κ3) is 2.70. The van der Waals surface area contributed by atoms with E-state index in [-0.39, 0.29) is 0 Å². The molecule has 0 aliphatic carbocycles. The minimum Gasteiger partial charge on any atom is -0.492 e. The van der Waals surface area contributed by atoms with Crippen LogP contribution < -0.4 is 4.74 Å². The van der Waals surface area contributed by atoms with Crippen molar-refractivity contribution in [2.24, 2.45) is 0 Å². The minimum absolute atomic E-state index is 0.530. The van der Waals surface area contributed by atoms with Gasteiger partial charge < -0.3 is 9.30 Å². The maximum Gasteiger partial charge on any atom is 0.233 e. The number of nitrogens with zero attached hydrogens (tertiary/aromatic N) is 2. The molecule has 0 unspecified atom stereocenters. The molecular formula is C12H11N2O2. The van der Waals surface area contributed by atoms with Gasteiger partial charge in [-0.3, -0.25) is 4.79 Å². The van der Waals surface area contributed by atoms with Gasteiger partial charge in [-0.05, 0) is 24.3 Å². The summed E-state index contributed by atoms with van der Waals surface area (Å²) in [5.74, 6) is 0.749. The van der Waals surface area contributed by atoms with Crippen molar-refractivity contribution >= 4 is 6.29 Å². The van der Waals surface area contributed by atoms with E-state index in [0.717, 1.165) is 12.3 Å². The molecule has 0 fully saturated rings. The first kappa shape index (κ1) is 10.4. The Hall–Kier alpha value is -2.10. The number of imidazole rings is 1. The van der Waals surface area contributed by atoms with Crippen molar-refractivity contribution in [3.8, 4) is 5.75 Å². The smallest absolute Gasteiger partial charge is 0.233 e. The zero-order valence-electron chi connectivity index (χ0n) is 8.67. The first-order chi connectivity index (χ1) is 7.88. The average molecular weight is 215 g/mol. The molecule has 1 radical (unpaired) electrons. The number of hydrogen-bond donors (Lipinski definition) is 0. The number of rotatable bonds is 5. The van der Waals surface area contributed by atoms with Crippen LogP contribution in [0.15, 0.2) is 43.0 Å². The van der Waals surface area contributed by atoms with Crippen molar-refractivity contribution < 1.29 is 9.53 Å². The molecular weight excluding hydrogens is 204 g/mol. The molecule has 4 nitrogen and oxygen atoms in total. The topological polar surface area (TPSA) is 44.1 Å². The standard InChI is InChI=1S/C12H11N2O2/c15-9-11-1-3-12(4-2-11)16-8-7-14-6-5-13-10-14/h1-6,10H,7-8H2. The summed E-state index contributed by atoms with van der Waals surface area (Å²) in [5, 5.41) is 0. The van der Waals surface area contributed by atoms with Crippen LogP contribution >= 0.6 is 0 Å². The molecule has 0 aliphatic rings. The van der Waals surface area contributed by atoms with Gasteiger partial charge >= 0.3 is 0 Å². The molecule has 4 heteroatoms. The Morgan fingerprint density at radius 1 is 1.31 bits per heavy atom. The van der Waals surface area contributed by atoms with Gasteiger partial charge in [-0.25, -0.2) is 4.98 Å². The second-order valence-corrected chi connectivity index (χ2v) is 3.28. The zero-order chi connectivity index (χ0) is 11.2. The van der Waals surface area contributed by atoms with E-state index >= 15 is 0 Å². The molecule has 0 aliphatic heterocycles. The summed E-state index contributed by atoms with van der Waals surface area (Å²) in [6.45, 7) is 1.32. The third-order valence-electron chi connectivity index (χ3n) is 2.15. The normalized spacial score (nSPS) is 10.0. The van der Waals surface area contributed by atoms with E-state index in [9.17, 15) is 4.79 Å². The van der Waals surface area contributed by atoms with Gasteiger partial charge in [0.1, 0.15) is 12.4 Å². The first-order valence-corrected chi connectivity index (χ1v) is 4.95. The Morgan fingerprint density at radius 3 is 2.75 bits per heavy atom. The molecule has 81 valence electrons. The van der Waals surface area contributed by atoms with Crippen LogP contribution in [0, 0.1) is 0 Å². The molecule has 0 amide bonds. The predicted octanol–water partition coefficient (Wildman–Crippen LogP) is 1.42. The van der Waals surface area contributed by atoms with Crippen LogP contribution in [0.3, 0.4) is 0 Å². The summed E-state index contributed by atoms with van der Waals surface area (Å²) in [4.78, 5) is 14.2. The van der Waals surface area contributed by atoms with Gasteiger partial charge in [-0.15, -0.1) is 0 Å². The Balaban J connectivity index is 1.83. The van der Waals surface area contributed by atoms with E-state index < -0.39 is 0 Å². The third-order valence-corrected chi connectivity index (χ3v) is 2.15. The Morgan fingerprint density at radius 2 is 2.12 bits per heavy atom. The molecule has 1 aromatic carbocycles. The number of aromatic nitrogens is 2. The second-order valence-electron chi connectivity index (χ2n) is 3.28. The number of benzene rings is 1. The molecule has 0 spiro atoms. The lowest BCUT2D eigenvalue weighted by molar-refractivity contribution is 0.298. The number of carbonyl (C=O) groups excluding carboxylic acids is 1. The van der Waals surface area contributed by atoms with Crippen molar-refractivity contribution in [3.63, 3.8) is 0 Å². The van der Waals surface area contributed by atoms with Gasteiger partial charge in [0.05, 0.1) is 12.9 Å². The molecule has 16 heavy (non-hydrogen) atoms. The zero-order valence-corrected chi connectivity index (χ0v) is 8.67. The molecule has 1 aromatic heterocycles. The van der Waals surface area contributed by atoms with Crippen molar-refractivity contribution in [2.75, 3.05) is 6.61 Å². The quantitative estimate of drug-likeness (QED) is 0.757. The summed E-state index contributed by atoms with van der Waals surface area (Å²) < 4.78 is 7.44. The predicted molar refractivity (Wildman–Crippen MR) is 59.0 cm³/mol. The fourth-order valence-electron chi connectivity index (χ4n) is 1.31. The van der Waals surface area contributed by atoms with Gasteiger partial charge in [-0.2, -0.15) is 0 Å². The Kier molecular flexibility index (Phi) is 3.33. The largest absolute Gasteiger partial charge is 0.492 e. The summed E-state index contributed by atoms with van der Waals surface area (Å²) in [6, 6.07) is 6.88. The highest BCUT2D eigenvalue weighted by atomic mass is 16.5. The maximum absolute atomic E-state index is 10.3. The van der Waals surface area contributed by atoms with Crippen LogP contribution in [0.5, 0.6) is 5.75 Å². The van der Waals surface area contributed by atoms with Crippen molar-refractivity contribution in [1.82, 2.24) is 9.55 Å². The van der Waals surface area contributed by atoms with Crippen molar-refractivity contribution in [3.05, 3.63) is 48.5 Å².